The molecule has 19 heavy (non-hydrogen) atoms. The molecule has 106 valence electrons. The van der Waals surface area contributed by atoms with Crippen molar-refractivity contribution in [1.29, 1.82) is 0 Å². The number of thioether (sulfide) groups is 1. The SMILES string of the molecule is CC1CN(c2cc(CNC(C)(C)C)ccn2)CCS1. The maximum Gasteiger partial charge on any atom is 0.128 e. The molecule has 2 rings (SSSR count). The molecule has 1 fully saturated rings. The van der Waals surface area contributed by atoms with E-state index in [9.17, 15) is 0 Å². The van der Waals surface area contributed by atoms with E-state index in [1.807, 2.05) is 6.20 Å². The van der Waals surface area contributed by atoms with Crippen LogP contribution in [0.1, 0.15) is 33.3 Å². The molecule has 0 saturated carbocycles. The molecule has 0 aromatic carbocycles. The first-order valence-electron chi connectivity index (χ1n) is 7.00. The van der Waals surface area contributed by atoms with E-state index in [1.54, 1.807) is 0 Å². The van der Waals surface area contributed by atoms with Gasteiger partial charge in [-0.05, 0) is 38.5 Å². The lowest BCUT2D eigenvalue weighted by Crippen LogP contribution is -2.37. The molecule has 1 aromatic rings. The number of aromatic nitrogens is 1. The first-order chi connectivity index (χ1) is 8.94. The largest absolute Gasteiger partial charge is 0.355 e. The lowest BCUT2D eigenvalue weighted by atomic mass is 10.1. The molecule has 0 radical (unpaired) electrons. The van der Waals surface area contributed by atoms with Crippen LogP contribution < -0.4 is 10.2 Å². The summed E-state index contributed by atoms with van der Waals surface area (Å²) >= 11 is 2.05. The van der Waals surface area contributed by atoms with Crippen LogP contribution in [0.5, 0.6) is 0 Å². The van der Waals surface area contributed by atoms with Crippen molar-refractivity contribution >= 4 is 17.6 Å². The summed E-state index contributed by atoms with van der Waals surface area (Å²) in [5, 5.41) is 4.23. The predicted molar refractivity (Wildman–Crippen MR) is 85.0 cm³/mol. The van der Waals surface area contributed by atoms with Crippen LogP contribution in [0.25, 0.3) is 0 Å². The minimum absolute atomic E-state index is 0.152. The molecule has 0 aliphatic carbocycles. The first-order valence-corrected chi connectivity index (χ1v) is 8.05. The fourth-order valence-corrected chi connectivity index (χ4v) is 3.15. The van der Waals surface area contributed by atoms with Gasteiger partial charge in [0.15, 0.2) is 0 Å². The number of nitrogens with one attached hydrogen (secondary N) is 1. The summed E-state index contributed by atoms with van der Waals surface area (Å²) in [6.07, 6.45) is 1.93. The molecule has 3 nitrogen and oxygen atoms in total. The lowest BCUT2D eigenvalue weighted by molar-refractivity contribution is 0.424. The molecule has 4 heteroatoms. The van der Waals surface area contributed by atoms with E-state index >= 15 is 0 Å². The smallest absolute Gasteiger partial charge is 0.128 e. The number of hydrogen-bond acceptors (Lipinski definition) is 4. The molecule has 1 aliphatic heterocycles. The molecule has 1 atom stereocenters. The molecule has 1 aliphatic rings. The topological polar surface area (TPSA) is 28.2 Å². The highest BCUT2D eigenvalue weighted by Crippen LogP contribution is 2.22. The monoisotopic (exact) mass is 279 g/mol. The summed E-state index contributed by atoms with van der Waals surface area (Å²) in [6.45, 7) is 12.0. The molecule has 1 saturated heterocycles. The summed E-state index contributed by atoms with van der Waals surface area (Å²) in [5.41, 5.74) is 1.46. The van der Waals surface area contributed by atoms with Gasteiger partial charge in [0, 0.05) is 42.4 Å². The molecular formula is C15H25N3S. The zero-order valence-electron chi connectivity index (χ0n) is 12.4. The standard InChI is InChI=1S/C15H25N3S/c1-12-11-18(7-8-19-12)14-9-13(5-6-16-14)10-17-15(2,3)4/h5-6,9,12,17H,7-8,10-11H2,1-4H3. The highest BCUT2D eigenvalue weighted by molar-refractivity contribution is 8.00. The van der Waals surface area contributed by atoms with Crippen LogP contribution >= 0.6 is 11.8 Å². The van der Waals surface area contributed by atoms with E-state index in [0.717, 1.165) is 25.5 Å². The van der Waals surface area contributed by atoms with Crippen molar-refractivity contribution in [3.63, 3.8) is 0 Å². The van der Waals surface area contributed by atoms with Crippen LogP contribution in [0.4, 0.5) is 5.82 Å². The van der Waals surface area contributed by atoms with E-state index in [0.29, 0.717) is 5.25 Å². The van der Waals surface area contributed by atoms with Crippen molar-refractivity contribution in [1.82, 2.24) is 10.3 Å². The molecule has 1 aromatic heterocycles. The average molecular weight is 279 g/mol. The van der Waals surface area contributed by atoms with Gasteiger partial charge in [-0.25, -0.2) is 4.98 Å². The number of hydrogen-bond donors (Lipinski definition) is 1. The summed E-state index contributed by atoms with van der Waals surface area (Å²) < 4.78 is 0. The van der Waals surface area contributed by atoms with Crippen LogP contribution in [0.15, 0.2) is 18.3 Å². The maximum atomic E-state index is 4.53. The molecule has 2 heterocycles. The minimum atomic E-state index is 0.152. The quantitative estimate of drug-likeness (QED) is 0.921. The second kappa shape index (κ2) is 6.14. The van der Waals surface area contributed by atoms with Gasteiger partial charge in [0.1, 0.15) is 5.82 Å². The average Bonchev–Trinajstić information content (AvgIpc) is 2.36. The molecule has 0 amide bonds. The molecular weight excluding hydrogens is 254 g/mol. The van der Waals surface area contributed by atoms with E-state index < -0.39 is 0 Å². The Morgan fingerprint density at radius 3 is 2.95 bits per heavy atom. The van der Waals surface area contributed by atoms with Crippen molar-refractivity contribution in [2.24, 2.45) is 0 Å². The Hall–Kier alpha value is -0.740. The second-order valence-electron chi connectivity index (χ2n) is 6.25. The number of pyridine rings is 1. The Bertz CT molecular complexity index is 414. The van der Waals surface area contributed by atoms with Gasteiger partial charge in [0.05, 0.1) is 0 Å². The van der Waals surface area contributed by atoms with Crippen molar-refractivity contribution in [2.45, 2.75) is 45.0 Å². The van der Waals surface area contributed by atoms with Gasteiger partial charge < -0.3 is 10.2 Å². The van der Waals surface area contributed by atoms with Crippen LogP contribution in [-0.4, -0.2) is 34.6 Å². The third kappa shape index (κ3) is 4.69. The summed E-state index contributed by atoms with van der Waals surface area (Å²) in [5.74, 6) is 2.33. The number of anilines is 1. The Morgan fingerprint density at radius 2 is 2.26 bits per heavy atom. The third-order valence-corrected chi connectivity index (χ3v) is 4.33. The van der Waals surface area contributed by atoms with Gasteiger partial charge in [0.25, 0.3) is 0 Å². The van der Waals surface area contributed by atoms with E-state index in [-0.39, 0.29) is 5.54 Å². The minimum Gasteiger partial charge on any atom is -0.355 e. The van der Waals surface area contributed by atoms with Gasteiger partial charge in [-0.1, -0.05) is 6.92 Å². The van der Waals surface area contributed by atoms with E-state index in [2.05, 4.69) is 66.8 Å². The predicted octanol–water partition coefficient (Wildman–Crippen LogP) is 2.91. The normalized spacial score (nSPS) is 20.6. The van der Waals surface area contributed by atoms with Crippen LogP contribution in [0.3, 0.4) is 0 Å². The van der Waals surface area contributed by atoms with E-state index in [4.69, 9.17) is 0 Å². The maximum absolute atomic E-state index is 4.53. The van der Waals surface area contributed by atoms with E-state index in [1.165, 1.54) is 11.3 Å². The van der Waals surface area contributed by atoms with Crippen molar-refractivity contribution < 1.29 is 0 Å². The summed E-state index contributed by atoms with van der Waals surface area (Å²) in [7, 11) is 0. The summed E-state index contributed by atoms with van der Waals surface area (Å²) in [4.78, 5) is 6.94. The molecule has 1 N–H and O–H groups in total. The van der Waals surface area contributed by atoms with Crippen molar-refractivity contribution in [3.8, 4) is 0 Å². The summed E-state index contributed by atoms with van der Waals surface area (Å²) in [6, 6.07) is 4.33. The van der Waals surface area contributed by atoms with Crippen molar-refractivity contribution in [3.05, 3.63) is 23.9 Å². The fraction of sp³-hybridized carbons (Fsp3) is 0.667. The van der Waals surface area contributed by atoms with Crippen LogP contribution in [-0.2, 0) is 6.54 Å². The molecule has 0 spiro atoms. The molecule has 0 bridgehead atoms. The van der Waals surface area contributed by atoms with Crippen LogP contribution in [0, 0.1) is 0 Å². The Morgan fingerprint density at radius 1 is 1.47 bits per heavy atom. The zero-order valence-corrected chi connectivity index (χ0v) is 13.3. The lowest BCUT2D eigenvalue weighted by Gasteiger charge is -2.31. The second-order valence-corrected chi connectivity index (χ2v) is 7.80. The number of rotatable bonds is 3. The van der Waals surface area contributed by atoms with Gasteiger partial charge in [-0.2, -0.15) is 11.8 Å². The highest BCUT2D eigenvalue weighted by atomic mass is 32.2. The Labute approximate surface area is 121 Å². The van der Waals surface area contributed by atoms with Crippen LogP contribution in [0.2, 0.25) is 0 Å². The molecule has 1 unspecified atom stereocenters. The third-order valence-electron chi connectivity index (χ3n) is 3.20. The highest BCUT2D eigenvalue weighted by Gasteiger charge is 2.18. The number of nitrogens with zero attached hydrogens (tertiary/aromatic N) is 2. The van der Waals surface area contributed by atoms with Gasteiger partial charge in [-0.3, -0.25) is 0 Å². The van der Waals surface area contributed by atoms with Gasteiger partial charge >= 0.3 is 0 Å². The Balaban J connectivity index is 2.02. The zero-order chi connectivity index (χ0) is 13.9. The van der Waals surface area contributed by atoms with Gasteiger partial charge in [-0.15, -0.1) is 0 Å². The Kier molecular flexibility index (Phi) is 4.74. The van der Waals surface area contributed by atoms with Gasteiger partial charge in [0.2, 0.25) is 0 Å². The van der Waals surface area contributed by atoms with Crippen molar-refractivity contribution in [2.75, 3.05) is 23.7 Å². The first kappa shape index (κ1) is 14.7. The fourth-order valence-electron chi connectivity index (χ4n) is 2.14.